The van der Waals surface area contributed by atoms with E-state index in [1.165, 1.54) is 11.9 Å². The van der Waals surface area contributed by atoms with Crippen molar-refractivity contribution in [2.45, 2.75) is 31.7 Å². The predicted molar refractivity (Wildman–Crippen MR) is 86.7 cm³/mol. The normalized spacial score (nSPS) is 22.3. The zero-order valence-corrected chi connectivity index (χ0v) is 12.8. The standard InChI is InChI=1S/C16H19ClN4/c1-11-9-13(12-5-3-2-4-6-12)7-8-21(11)16-14(17)15(18)19-10-20-16/h2-6,10-11,13H,7-9H2,1H3,(H2,18,19,20). The molecule has 3 rings (SSSR count). The molecular weight excluding hydrogens is 284 g/mol. The number of piperidine rings is 1. The Morgan fingerprint density at radius 2 is 2.00 bits per heavy atom. The van der Waals surface area contributed by atoms with Crippen molar-refractivity contribution in [3.63, 3.8) is 0 Å². The molecule has 0 aliphatic carbocycles. The Labute approximate surface area is 130 Å². The number of nitrogen functional groups attached to an aromatic ring is 1. The maximum atomic E-state index is 6.25. The molecule has 2 heterocycles. The fourth-order valence-corrected chi connectivity index (χ4v) is 3.29. The molecule has 1 fully saturated rings. The molecule has 2 N–H and O–H groups in total. The molecule has 110 valence electrons. The number of rotatable bonds is 2. The number of hydrogen-bond donors (Lipinski definition) is 1. The lowest BCUT2D eigenvalue weighted by Crippen LogP contribution is -2.41. The van der Waals surface area contributed by atoms with Crippen molar-refractivity contribution in [3.05, 3.63) is 47.2 Å². The van der Waals surface area contributed by atoms with E-state index in [4.69, 9.17) is 17.3 Å². The van der Waals surface area contributed by atoms with Gasteiger partial charge < -0.3 is 10.6 Å². The van der Waals surface area contributed by atoms with Gasteiger partial charge in [-0.2, -0.15) is 0 Å². The monoisotopic (exact) mass is 302 g/mol. The van der Waals surface area contributed by atoms with Crippen LogP contribution in [0.25, 0.3) is 0 Å². The van der Waals surface area contributed by atoms with E-state index in [1.807, 2.05) is 0 Å². The first-order chi connectivity index (χ1) is 10.2. The largest absolute Gasteiger partial charge is 0.382 e. The van der Waals surface area contributed by atoms with Crippen molar-refractivity contribution in [1.82, 2.24) is 9.97 Å². The molecule has 0 saturated carbocycles. The second-order valence-corrected chi connectivity index (χ2v) is 5.95. The highest BCUT2D eigenvalue weighted by atomic mass is 35.5. The van der Waals surface area contributed by atoms with Gasteiger partial charge in [0.15, 0.2) is 5.82 Å². The molecule has 0 amide bonds. The minimum atomic E-state index is 0.346. The summed E-state index contributed by atoms with van der Waals surface area (Å²) >= 11 is 6.25. The highest BCUT2D eigenvalue weighted by Gasteiger charge is 2.28. The quantitative estimate of drug-likeness (QED) is 0.922. The smallest absolute Gasteiger partial charge is 0.153 e. The lowest BCUT2D eigenvalue weighted by Gasteiger charge is -2.39. The van der Waals surface area contributed by atoms with Crippen LogP contribution in [0.3, 0.4) is 0 Å². The van der Waals surface area contributed by atoms with Crippen molar-refractivity contribution in [1.29, 1.82) is 0 Å². The molecule has 2 atom stereocenters. The lowest BCUT2D eigenvalue weighted by atomic mass is 9.86. The van der Waals surface area contributed by atoms with E-state index in [0.717, 1.165) is 25.2 Å². The van der Waals surface area contributed by atoms with Gasteiger partial charge in [-0.25, -0.2) is 9.97 Å². The van der Waals surface area contributed by atoms with Crippen molar-refractivity contribution >= 4 is 23.2 Å². The van der Waals surface area contributed by atoms with Crippen LogP contribution in [0.5, 0.6) is 0 Å². The molecule has 2 aromatic rings. The molecule has 2 unspecified atom stereocenters. The number of halogens is 1. The summed E-state index contributed by atoms with van der Waals surface area (Å²) < 4.78 is 0. The van der Waals surface area contributed by atoms with Crippen LogP contribution in [0.2, 0.25) is 5.02 Å². The first kappa shape index (κ1) is 14.1. The summed E-state index contributed by atoms with van der Waals surface area (Å²) in [6.45, 7) is 3.14. The van der Waals surface area contributed by atoms with Crippen LogP contribution < -0.4 is 10.6 Å². The Hall–Kier alpha value is -1.81. The first-order valence-corrected chi connectivity index (χ1v) is 7.62. The molecule has 0 bridgehead atoms. The molecule has 0 radical (unpaired) electrons. The van der Waals surface area contributed by atoms with Gasteiger partial charge in [-0.15, -0.1) is 0 Å². The van der Waals surface area contributed by atoms with Gasteiger partial charge in [0, 0.05) is 12.6 Å². The average molecular weight is 303 g/mol. The molecule has 4 nitrogen and oxygen atoms in total. The summed E-state index contributed by atoms with van der Waals surface area (Å²) in [5, 5.41) is 0.461. The molecular formula is C16H19ClN4. The van der Waals surface area contributed by atoms with Gasteiger partial charge in [0.05, 0.1) is 0 Å². The maximum Gasteiger partial charge on any atom is 0.153 e. The van der Waals surface area contributed by atoms with E-state index >= 15 is 0 Å². The highest BCUT2D eigenvalue weighted by molar-refractivity contribution is 6.35. The van der Waals surface area contributed by atoms with Crippen molar-refractivity contribution in [3.8, 4) is 0 Å². The Morgan fingerprint density at radius 3 is 2.71 bits per heavy atom. The van der Waals surface area contributed by atoms with Crippen LogP contribution in [-0.4, -0.2) is 22.6 Å². The molecule has 1 aromatic heterocycles. The summed E-state index contributed by atoms with van der Waals surface area (Å²) in [5.41, 5.74) is 7.20. The highest BCUT2D eigenvalue weighted by Crippen LogP contribution is 2.36. The molecule has 21 heavy (non-hydrogen) atoms. The van der Waals surface area contributed by atoms with Crippen molar-refractivity contribution < 1.29 is 0 Å². The van der Waals surface area contributed by atoms with Crippen LogP contribution in [0.15, 0.2) is 36.7 Å². The summed E-state index contributed by atoms with van der Waals surface area (Å²) in [4.78, 5) is 10.5. The van der Waals surface area contributed by atoms with Crippen molar-refractivity contribution in [2.24, 2.45) is 0 Å². The van der Waals surface area contributed by atoms with Crippen LogP contribution in [0.4, 0.5) is 11.6 Å². The lowest BCUT2D eigenvalue weighted by molar-refractivity contribution is 0.429. The van der Waals surface area contributed by atoms with Crippen LogP contribution in [0.1, 0.15) is 31.2 Å². The van der Waals surface area contributed by atoms with Crippen molar-refractivity contribution in [2.75, 3.05) is 17.2 Å². The molecule has 1 aliphatic heterocycles. The van der Waals surface area contributed by atoms with Crippen LogP contribution in [-0.2, 0) is 0 Å². The van der Waals surface area contributed by atoms with Crippen LogP contribution in [0, 0.1) is 0 Å². The Balaban J connectivity index is 1.79. The van der Waals surface area contributed by atoms with Gasteiger partial charge in [-0.3, -0.25) is 0 Å². The number of anilines is 2. The van der Waals surface area contributed by atoms with Gasteiger partial charge >= 0.3 is 0 Å². The van der Waals surface area contributed by atoms with E-state index in [2.05, 4.69) is 52.1 Å². The van der Waals surface area contributed by atoms with E-state index in [0.29, 0.717) is 22.8 Å². The average Bonchev–Trinajstić information content (AvgIpc) is 2.51. The fraction of sp³-hybridized carbons (Fsp3) is 0.375. The van der Waals surface area contributed by atoms with Gasteiger partial charge in [0.2, 0.25) is 0 Å². The minimum Gasteiger partial charge on any atom is -0.382 e. The summed E-state index contributed by atoms with van der Waals surface area (Å²) in [6.07, 6.45) is 3.66. The summed E-state index contributed by atoms with van der Waals surface area (Å²) in [6, 6.07) is 11.1. The van der Waals surface area contributed by atoms with Crippen LogP contribution >= 0.6 is 11.6 Å². The fourth-order valence-electron chi connectivity index (χ4n) is 3.09. The zero-order chi connectivity index (χ0) is 14.8. The number of hydrogen-bond acceptors (Lipinski definition) is 4. The third-order valence-corrected chi connectivity index (χ3v) is 4.58. The third-order valence-electron chi connectivity index (χ3n) is 4.22. The zero-order valence-electron chi connectivity index (χ0n) is 12.0. The maximum absolute atomic E-state index is 6.25. The number of benzene rings is 1. The van der Waals surface area contributed by atoms with Gasteiger partial charge in [0.25, 0.3) is 0 Å². The number of nitrogens with zero attached hydrogens (tertiary/aromatic N) is 3. The molecule has 5 heteroatoms. The Kier molecular flexibility index (Phi) is 3.97. The molecule has 1 aliphatic rings. The second kappa shape index (κ2) is 5.90. The Morgan fingerprint density at radius 1 is 1.24 bits per heavy atom. The van der Waals surface area contributed by atoms with E-state index in [-0.39, 0.29) is 0 Å². The van der Waals surface area contributed by atoms with E-state index in [9.17, 15) is 0 Å². The van der Waals surface area contributed by atoms with Gasteiger partial charge in [0.1, 0.15) is 17.2 Å². The number of nitrogens with two attached hydrogens (primary N) is 1. The predicted octanol–water partition coefficient (Wildman–Crippen LogP) is 3.48. The molecule has 1 aromatic carbocycles. The summed E-state index contributed by atoms with van der Waals surface area (Å²) in [7, 11) is 0. The van der Waals surface area contributed by atoms with Gasteiger partial charge in [-0.05, 0) is 31.2 Å². The second-order valence-electron chi connectivity index (χ2n) is 5.57. The first-order valence-electron chi connectivity index (χ1n) is 7.24. The SMILES string of the molecule is CC1CC(c2ccccc2)CCN1c1ncnc(N)c1Cl. The van der Waals surface area contributed by atoms with Gasteiger partial charge in [-0.1, -0.05) is 41.9 Å². The summed E-state index contributed by atoms with van der Waals surface area (Å²) in [5.74, 6) is 1.69. The number of aromatic nitrogens is 2. The molecule has 1 saturated heterocycles. The topological polar surface area (TPSA) is 55.0 Å². The van der Waals surface area contributed by atoms with E-state index in [1.54, 1.807) is 0 Å². The Bertz CT molecular complexity index is 617. The minimum absolute atomic E-state index is 0.346. The third kappa shape index (κ3) is 2.81. The van der Waals surface area contributed by atoms with E-state index < -0.39 is 0 Å². The molecule has 0 spiro atoms.